The van der Waals surface area contributed by atoms with Gasteiger partial charge >= 0.3 is 0 Å². The number of anilines is 1. The molecule has 0 spiro atoms. The number of carbonyl (C=O) groups excluding carboxylic acids is 1. The van der Waals surface area contributed by atoms with Crippen molar-refractivity contribution in [2.24, 2.45) is 5.41 Å². The standard InChI is InChI=1S/C32H26N2OS/c1-32(18-27-22-13-5-7-15-25(22)29(32)26-16-8-6-14-23(26)27)30(35)34(2)31-33-28(19-36-31)24-17-9-11-20-10-3-4-12-21(20)24/h3-17,19,27,29H,18H2,1-2H3. The van der Waals surface area contributed by atoms with E-state index in [4.69, 9.17) is 4.98 Å². The van der Waals surface area contributed by atoms with E-state index in [0.29, 0.717) is 0 Å². The fraction of sp³-hybridized carbons (Fsp3) is 0.188. The van der Waals surface area contributed by atoms with E-state index in [9.17, 15) is 4.79 Å². The zero-order valence-electron chi connectivity index (χ0n) is 20.3. The van der Waals surface area contributed by atoms with E-state index in [-0.39, 0.29) is 17.7 Å². The molecular formula is C32H26N2OS. The van der Waals surface area contributed by atoms with Gasteiger partial charge in [-0.25, -0.2) is 4.98 Å². The van der Waals surface area contributed by atoms with Crippen LogP contribution in [0.3, 0.4) is 0 Å². The summed E-state index contributed by atoms with van der Waals surface area (Å²) in [6.45, 7) is 2.16. The van der Waals surface area contributed by atoms with Crippen LogP contribution in [-0.2, 0) is 4.79 Å². The van der Waals surface area contributed by atoms with Gasteiger partial charge in [0.05, 0.1) is 11.1 Å². The SMILES string of the molecule is CN(C(=O)C1(C)CC2c3ccccc3C1c1ccccc12)c1nc(-c2cccc3ccccc23)cs1. The van der Waals surface area contributed by atoms with Gasteiger partial charge < -0.3 is 0 Å². The molecular weight excluding hydrogens is 460 g/mol. The first-order chi connectivity index (χ1) is 17.6. The van der Waals surface area contributed by atoms with Crippen molar-refractivity contribution < 1.29 is 4.79 Å². The normalized spacial score (nSPS) is 21.7. The first kappa shape index (κ1) is 21.5. The molecule has 0 saturated carbocycles. The molecule has 0 saturated heterocycles. The minimum absolute atomic E-state index is 0.0438. The molecule has 0 radical (unpaired) electrons. The van der Waals surface area contributed by atoms with Crippen LogP contribution in [0.2, 0.25) is 0 Å². The van der Waals surface area contributed by atoms with Crippen molar-refractivity contribution in [2.75, 3.05) is 11.9 Å². The van der Waals surface area contributed by atoms with Crippen LogP contribution in [0, 0.1) is 5.41 Å². The van der Waals surface area contributed by atoms with Crippen molar-refractivity contribution in [2.45, 2.75) is 25.2 Å². The van der Waals surface area contributed by atoms with Gasteiger partial charge in [0.1, 0.15) is 0 Å². The number of carbonyl (C=O) groups is 1. The third-order valence-electron chi connectivity index (χ3n) is 8.27. The Morgan fingerprint density at radius 2 is 1.47 bits per heavy atom. The summed E-state index contributed by atoms with van der Waals surface area (Å²) in [6, 6.07) is 32.0. The van der Waals surface area contributed by atoms with E-state index in [1.165, 1.54) is 44.4 Å². The van der Waals surface area contributed by atoms with Gasteiger partial charge in [-0.2, -0.15) is 0 Å². The van der Waals surface area contributed by atoms with Gasteiger partial charge in [0, 0.05) is 29.8 Å². The second-order valence-corrected chi connectivity index (χ2v) is 11.1. The minimum Gasteiger partial charge on any atom is -0.291 e. The summed E-state index contributed by atoms with van der Waals surface area (Å²) in [4.78, 5) is 21.0. The van der Waals surface area contributed by atoms with Crippen LogP contribution in [0.5, 0.6) is 0 Å². The van der Waals surface area contributed by atoms with E-state index in [1.807, 2.05) is 7.05 Å². The number of aromatic nitrogens is 1. The molecule has 3 aliphatic rings. The fourth-order valence-corrected chi connectivity index (χ4v) is 7.43. The largest absolute Gasteiger partial charge is 0.291 e. The van der Waals surface area contributed by atoms with Crippen molar-refractivity contribution in [1.82, 2.24) is 4.98 Å². The minimum atomic E-state index is -0.534. The molecule has 1 aromatic heterocycles. The number of amides is 1. The molecule has 0 aliphatic heterocycles. The van der Waals surface area contributed by atoms with Crippen molar-refractivity contribution in [3.8, 4) is 11.3 Å². The quantitative estimate of drug-likeness (QED) is 0.263. The zero-order valence-corrected chi connectivity index (χ0v) is 21.1. The van der Waals surface area contributed by atoms with Crippen LogP contribution >= 0.6 is 11.3 Å². The number of hydrogen-bond acceptors (Lipinski definition) is 3. The molecule has 1 amide bonds. The Balaban J connectivity index is 1.27. The molecule has 0 N–H and O–H groups in total. The van der Waals surface area contributed by atoms with Crippen molar-refractivity contribution in [3.05, 3.63) is 119 Å². The molecule has 8 rings (SSSR count). The van der Waals surface area contributed by atoms with Gasteiger partial charge in [-0.3, -0.25) is 9.69 Å². The van der Waals surface area contributed by atoms with Gasteiger partial charge in [0.15, 0.2) is 5.13 Å². The molecule has 36 heavy (non-hydrogen) atoms. The van der Waals surface area contributed by atoms with E-state index >= 15 is 0 Å². The summed E-state index contributed by atoms with van der Waals surface area (Å²) in [5, 5.41) is 5.18. The van der Waals surface area contributed by atoms with Crippen molar-refractivity contribution in [3.63, 3.8) is 0 Å². The van der Waals surface area contributed by atoms with Crippen LogP contribution in [0.15, 0.2) is 96.4 Å². The molecule has 5 aromatic rings. The first-order valence-electron chi connectivity index (χ1n) is 12.5. The van der Waals surface area contributed by atoms with Crippen molar-refractivity contribution >= 4 is 33.1 Å². The van der Waals surface area contributed by atoms with Crippen LogP contribution < -0.4 is 4.90 Å². The first-order valence-corrected chi connectivity index (χ1v) is 13.3. The Kier molecular flexibility index (Phi) is 4.71. The van der Waals surface area contributed by atoms with Gasteiger partial charge in [0.2, 0.25) is 5.91 Å². The predicted molar refractivity (Wildman–Crippen MR) is 148 cm³/mol. The number of fused-ring (bicyclic) bond motifs is 2. The maximum absolute atomic E-state index is 14.3. The van der Waals surface area contributed by atoms with Crippen molar-refractivity contribution in [1.29, 1.82) is 0 Å². The highest BCUT2D eigenvalue weighted by atomic mass is 32.1. The van der Waals surface area contributed by atoms with E-state index in [0.717, 1.165) is 22.8 Å². The lowest BCUT2D eigenvalue weighted by Gasteiger charge is -2.51. The summed E-state index contributed by atoms with van der Waals surface area (Å²) < 4.78 is 0. The van der Waals surface area contributed by atoms with Crippen LogP contribution in [0.1, 0.15) is 47.4 Å². The number of thiazole rings is 1. The second-order valence-electron chi connectivity index (χ2n) is 10.3. The lowest BCUT2D eigenvalue weighted by atomic mass is 9.52. The van der Waals surface area contributed by atoms with Crippen LogP contribution in [0.25, 0.3) is 22.0 Å². The molecule has 1 heterocycles. The van der Waals surface area contributed by atoms with E-state index < -0.39 is 5.41 Å². The lowest BCUT2D eigenvalue weighted by Crippen LogP contribution is -2.50. The summed E-state index contributed by atoms with van der Waals surface area (Å²) in [5.41, 5.74) is 6.83. The average molecular weight is 487 g/mol. The van der Waals surface area contributed by atoms with Crippen LogP contribution in [0.4, 0.5) is 5.13 Å². The van der Waals surface area contributed by atoms with Gasteiger partial charge in [-0.15, -0.1) is 11.3 Å². The molecule has 3 nitrogen and oxygen atoms in total. The predicted octanol–water partition coefficient (Wildman–Crippen LogP) is 7.61. The fourth-order valence-electron chi connectivity index (χ4n) is 6.64. The highest BCUT2D eigenvalue weighted by Crippen LogP contribution is 2.61. The Hall–Kier alpha value is -3.76. The van der Waals surface area contributed by atoms with Crippen LogP contribution in [-0.4, -0.2) is 17.9 Å². The molecule has 0 fully saturated rings. The van der Waals surface area contributed by atoms with E-state index in [1.54, 1.807) is 4.90 Å². The highest BCUT2D eigenvalue weighted by molar-refractivity contribution is 7.14. The van der Waals surface area contributed by atoms with E-state index in [2.05, 4.69) is 103 Å². The summed E-state index contributed by atoms with van der Waals surface area (Å²) in [5.74, 6) is 0.426. The zero-order chi connectivity index (χ0) is 24.4. The number of benzene rings is 4. The van der Waals surface area contributed by atoms with Gasteiger partial charge in [-0.05, 0) is 46.4 Å². The molecule has 2 bridgehead atoms. The number of rotatable bonds is 3. The Labute approximate surface area is 215 Å². The summed E-state index contributed by atoms with van der Waals surface area (Å²) >= 11 is 1.54. The maximum Gasteiger partial charge on any atom is 0.235 e. The molecule has 4 aromatic carbocycles. The van der Waals surface area contributed by atoms with Gasteiger partial charge in [-0.1, -0.05) is 91.0 Å². The molecule has 3 aliphatic carbocycles. The average Bonchev–Trinajstić information content (AvgIpc) is 3.42. The molecule has 4 heteroatoms. The Morgan fingerprint density at radius 1 is 0.861 bits per heavy atom. The monoisotopic (exact) mass is 486 g/mol. The molecule has 1 unspecified atom stereocenters. The second kappa shape index (κ2) is 7.87. The molecule has 1 atom stereocenters. The Bertz CT molecular complexity index is 1600. The Morgan fingerprint density at radius 3 is 2.19 bits per heavy atom. The number of nitrogens with zero attached hydrogens (tertiary/aromatic N) is 2. The third kappa shape index (κ3) is 2.97. The topological polar surface area (TPSA) is 33.2 Å². The smallest absolute Gasteiger partial charge is 0.235 e. The lowest BCUT2D eigenvalue weighted by molar-refractivity contribution is -0.129. The maximum atomic E-state index is 14.3. The highest BCUT2D eigenvalue weighted by Gasteiger charge is 2.54. The molecule has 176 valence electrons. The third-order valence-corrected chi connectivity index (χ3v) is 9.19. The van der Waals surface area contributed by atoms with Gasteiger partial charge in [0.25, 0.3) is 0 Å². The summed E-state index contributed by atoms with van der Waals surface area (Å²) in [7, 11) is 1.89. The summed E-state index contributed by atoms with van der Waals surface area (Å²) in [6.07, 6.45) is 0.816. The number of hydrogen-bond donors (Lipinski definition) is 0.